The number of ketones is 1. The van der Waals surface area contributed by atoms with Gasteiger partial charge in [0.15, 0.2) is 11.5 Å². The second-order valence-corrected chi connectivity index (χ2v) is 6.68. The summed E-state index contributed by atoms with van der Waals surface area (Å²) >= 11 is 0. The standard InChI is InChI=1S/C19H16F4N4O3/c1-19(6-10(7-20)30-18(24)27-19)11-4-9(2-3-12(11)21)5-14(28)15-17(29)26-13(8-25-15)16(22)23/h2-4,6,8,16H,5,7H2,1H3,(H2,24,27)(H,26,29)/t19-/m0/s1. The Morgan fingerprint density at radius 1 is 1.37 bits per heavy atom. The van der Waals surface area contributed by atoms with Crippen LogP contribution < -0.4 is 11.3 Å². The number of ether oxygens (including phenoxy) is 1. The highest BCUT2D eigenvalue weighted by atomic mass is 19.3. The molecule has 1 aliphatic heterocycles. The quantitative estimate of drug-likeness (QED) is 0.547. The first-order chi connectivity index (χ1) is 14.1. The number of halogens is 4. The number of nitrogens with two attached hydrogens (primary N) is 1. The molecular weight excluding hydrogens is 408 g/mol. The highest BCUT2D eigenvalue weighted by Gasteiger charge is 2.32. The van der Waals surface area contributed by atoms with Crippen LogP contribution in [0.25, 0.3) is 0 Å². The molecule has 3 rings (SSSR count). The van der Waals surface area contributed by atoms with Crippen LogP contribution in [0.5, 0.6) is 0 Å². The van der Waals surface area contributed by atoms with E-state index in [0.29, 0.717) is 11.8 Å². The Hall–Kier alpha value is -3.50. The van der Waals surface area contributed by atoms with Crippen molar-refractivity contribution in [1.29, 1.82) is 0 Å². The van der Waals surface area contributed by atoms with Gasteiger partial charge in [-0.05, 0) is 30.7 Å². The predicted molar refractivity (Wildman–Crippen MR) is 98.4 cm³/mol. The Balaban J connectivity index is 1.93. The van der Waals surface area contributed by atoms with Crippen molar-refractivity contribution in [3.8, 4) is 0 Å². The molecule has 30 heavy (non-hydrogen) atoms. The summed E-state index contributed by atoms with van der Waals surface area (Å²) in [6.45, 7) is 0.506. The number of carbonyl (C=O) groups excluding carboxylic acids is 1. The number of hydrogen-bond acceptors (Lipinski definition) is 6. The van der Waals surface area contributed by atoms with E-state index in [9.17, 15) is 27.2 Å². The van der Waals surface area contributed by atoms with Crippen molar-refractivity contribution in [2.75, 3.05) is 6.67 Å². The van der Waals surface area contributed by atoms with Crippen LogP contribution in [0.1, 0.15) is 40.7 Å². The molecule has 0 unspecified atom stereocenters. The van der Waals surface area contributed by atoms with Gasteiger partial charge < -0.3 is 15.5 Å². The van der Waals surface area contributed by atoms with Gasteiger partial charge in [0.25, 0.3) is 18.0 Å². The first kappa shape index (κ1) is 21.2. The van der Waals surface area contributed by atoms with Gasteiger partial charge in [0, 0.05) is 12.0 Å². The van der Waals surface area contributed by atoms with Crippen LogP contribution in [-0.2, 0) is 16.7 Å². The molecule has 7 nitrogen and oxygen atoms in total. The van der Waals surface area contributed by atoms with E-state index in [0.717, 1.165) is 6.07 Å². The molecule has 11 heteroatoms. The summed E-state index contributed by atoms with van der Waals surface area (Å²) in [7, 11) is 0. The van der Waals surface area contributed by atoms with Gasteiger partial charge in [0.1, 0.15) is 29.5 Å². The van der Waals surface area contributed by atoms with Gasteiger partial charge in [0.2, 0.25) is 0 Å². The lowest BCUT2D eigenvalue weighted by atomic mass is 9.88. The number of alkyl halides is 3. The fourth-order valence-electron chi connectivity index (χ4n) is 3.03. The molecule has 0 saturated carbocycles. The van der Waals surface area contributed by atoms with Crippen molar-refractivity contribution < 1.29 is 27.1 Å². The molecule has 1 aromatic heterocycles. The smallest absolute Gasteiger partial charge is 0.288 e. The normalized spacial score (nSPS) is 18.6. The van der Waals surface area contributed by atoms with Gasteiger partial charge in [-0.3, -0.25) is 9.59 Å². The third kappa shape index (κ3) is 4.24. The van der Waals surface area contributed by atoms with E-state index in [-0.39, 0.29) is 23.8 Å². The molecule has 1 aliphatic rings. The Morgan fingerprint density at radius 3 is 2.73 bits per heavy atom. The Labute approximate surface area is 167 Å². The molecule has 158 valence electrons. The second-order valence-electron chi connectivity index (χ2n) is 6.68. The van der Waals surface area contributed by atoms with Crippen molar-refractivity contribution in [2.24, 2.45) is 10.7 Å². The van der Waals surface area contributed by atoms with Crippen LogP contribution >= 0.6 is 0 Å². The zero-order chi connectivity index (χ0) is 22.1. The topological polar surface area (TPSA) is 110 Å². The maximum absolute atomic E-state index is 14.5. The van der Waals surface area contributed by atoms with Crippen LogP contribution in [0, 0.1) is 5.82 Å². The van der Waals surface area contributed by atoms with E-state index in [2.05, 4.69) is 9.98 Å². The molecule has 3 N–H and O–H groups in total. The lowest BCUT2D eigenvalue weighted by Crippen LogP contribution is -2.31. The number of Topliss-reactive ketones (excluding diaryl/α,β-unsaturated/α-hetero) is 1. The van der Waals surface area contributed by atoms with Crippen LogP contribution in [0.4, 0.5) is 17.6 Å². The fraction of sp³-hybridized carbons (Fsp3) is 0.263. The van der Waals surface area contributed by atoms with Crippen LogP contribution in [0.3, 0.4) is 0 Å². The van der Waals surface area contributed by atoms with Crippen molar-refractivity contribution in [3.05, 3.63) is 74.9 Å². The molecule has 2 heterocycles. The third-order valence-corrected chi connectivity index (χ3v) is 4.40. The van der Waals surface area contributed by atoms with E-state index in [1.54, 1.807) is 0 Å². The maximum Gasteiger partial charge on any atom is 0.288 e. The van der Waals surface area contributed by atoms with Gasteiger partial charge in [0.05, 0.1) is 6.20 Å². The van der Waals surface area contributed by atoms with Gasteiger partial charge in [-0.25, -0.2) is 27.5 Å². The van der Waals surface area contributed by atoms with Crippen LogP contribution in [0.2, 0.25) is 0 Å². The number of benzene rings is 1. The summed E-state index contributed by atoms with van der Waals surface area (Å²) in [6.07, 6.45) is -1.32. The number of nitrogens with one attached hydrogen (secondary N) is 1. The van der Waals surface area contributed by atoms with E-state index in [1.807, 2.05) is 4.98 Å². The number of H-pyrrole nitrogens is 1. The Kier molecular flexibility index (Phi) is 5.72. The average Bonchev–Trinajstić information content (AvgIpc) is 2.68. The number of amidine groups is 1. The Bertz CT molecular complexity index is 1110. The van der Waals surface area contributed by atoms with E-state index in [4.69, 9.17) is 10.5 Å². The minimum absolute atomic E-state index is 0.0000770. The van der Waals surface area contributed by atoms with Crippen molar-refractivity contribution in [3.63, 3.8) is 0 Å². The van der Waals surface area contributed by atoms with Crippen molar-refractivity contribution in [1.82, 2.24) is 9.97 Å². The number of carbonyl (C=O) groups is 1. The first-order valence-electron chi connectivity index (χ1n) is 8.63. The molecule has 0 aliphatic carbocycles. The van der Waals surface area contributed by atoms with Gasteiger partial charge in [-0.1, -0.05) is 6.07 Å². The lowest BCUT2D eigenvalue weighted by Gasteiger charge is -2.28. The summed E-state index contributed by atoms with van der Waals surface area (Å²) in [5, 5.41) is 0. The predicted octanol–water partition coefficient (Wildman–Crippen LogP) is 2.69. The molecule has 0 bridgehead atoms. The number of allylic oxidation sites excluding steroid dienone is 1. The summed E-state index contributed by atoms with van der Waals surface area (Å²) in [5.74, 6) is -1.57. The summed E-state index contributed by atoms with van der Waals surface area (Å²) in [5.41, 5.74) is 2.15. The number of aromatic amines is 1. The molecule has 2 aromatic rings. The van der Waals surface area contributed by atoms with E-state index in [1.165, 1.54) is 25.1 Å². The van der Waals surface area contributed by atoms with Gasteiger partial charge in [-0.2, -0.15) is 0 Å². The summed E-state index contributed by atoms with van der Waals surface area (Å²) in [6, 6.07) is 3.38. The molecule has 0 amide bonds. The molecule has 1 aromatic carbocycles. The van der Waals surface area contributed by atoms with Gasteiger partial charge in [-0.15, -0.1) is 0 Å². The monoisotopic (exact) mass is 424 g/mol. The summed E-state index contributed by atoms with van der Waals surface area (Å²) < 4.78 is 57.7. The number of aromatic nitrogens is 2. The van der Waals surface area contributed by atoms with Crippen LogP contribution in [-0.4, -0.2) is 28.4 Å². The fourth-order valence-corrected chi connectivity index (χ4v) is 3.03. The minimum atomic E-state index is -2.94. The van der Waals surface area contributed by atoms with E-state index < -0.39 is 47.2 Å². The van der Waals surface area contributed by atoms with Crippen molar-refractivity contribution >= 4 is 11.8 Å². The molecule has 1 atom stereocenters. The second kappa shape index (κ2) is 8.09. The average molecular weight is 424 g/mol. The SMILES string of the molecule is C[C@@]1(c2cc(CC(=O)c3ncc(C(F)F)[nH]c3=O)ccc2F)C=C(CF)OC(N)=N1. The van der Waals surface area contributed by atoms with Crippen LogP contribution in [0.15, 0.2) is 46.0 Å². The van der Waals surface area contributed by atoms with Gasteiger partial charge >= 0.3 is 0 Å². The number of hydrogen-bond donors (Lipinski definition) is 2. The summed E-state index contributed by atoms with van der Waals surface area (Å²) in [4.78, 5) is 33.7. The number of nitrogens with zero attached hydrogens (tertiary/aromatic N) is 2. The van der Waals surface area contributed by atoms with E-state index >= 15 is 0 Å². The zero-order valence-corrected chi connectivity index (χ0v) is 15.6. The molecule has 0 radical (unpaired) electrons. The highest BCUT2D eigenvalue weighted by molar-refractivity contribution is 5.95. The molecular formula is C19H16F4N4O3. The first-order valence-corrected chi connectivity index (χ1v) is 8.63. The lowest BCUT2D eigenvalue weighted by molar-refractivity contribution is 0.0984. The van der Waals surface area contributed by atoms with Crippen molar-refractivity contribution in [2.45, 2.75) is 25.3 Å². The largest absolute Gasteiger partial charge is 0.428 e. The molecule has 0 saturated heterocycles. The third-order valence-electron chi connectivity index (χ3n) is 4.40. The number of rotatable bonds is 6. The minimum Gasteiger partial charge on any atom is -0.428 e. The molecule has 0 spiro atoms. The zero-order valence-electron chi connectivity index (χ0n) is 15.6. The number of aliphatic imine (C=N–C) groups is 1. The highest BCUT2D eigenvalue weighted by Crippen LogP contribution is 2.34. The molecule has 0 fully saturated rings. The Morgan fingerprint density at radius 2 is 2.10 bits per heavy atom. The maximum atomic E-state index is 14.5.